The van der Waals surface area contributed by atoms with Crippen molar-refractivity contribution in [1.29, 1.82) is 0 Å². The summed E-state index contributed by atoms with van der Waals surface area (Å²) in [6, 6.07) is 9.57. The van der Waals surface area contributed by atoms with Gasteiger partial charge in [-0.2, -0.15) is 0 Å². The molecule has 14 heteroatoms. The lowest BCUT2D eigenvalue weighted by Crippen LogP contribution is -2.81. The number of aliphatic hydroxyl groups is 4. The number of hydrogen-bond donors (Lipinski definition) is 5. The molecule has 1 aliphatic heterocycles. The van der Waals surface area contributed by atoms with Gasteiger partial charge >= 0.3 is 17.9 Å². The van der Waals surface area contributed by atoms with Gasteiger partial charge < -0.3 is 44.7 Å². The fourth-order valence-electron chi connectivity index (χ4n) is 9.70. The van der Waals surface area contributed by atoms with Crippen LogP contribution in [0.2, 0.25) is 0 Å². The number of aliphatic hydroxyl groups excluding tert-OH is 3. The Kier molecular flexibility index (Phi) is 9.32. The molecule has 3 aliphatic carbocycles. The highest BCUT2D eigenvalue weighted by Crippen LogP contribution is 2.64. The van der Waals surface area contributed by atoms with Crippen LogP contribution in [0.15, 0.2) is 102 Å². The normalized spacial score (nSPS) is 34.2. The molecule has 3 aromatic rings. The molecule has 2 bridgehead atoms. The van der Waals surface area contributed by atoms with Gasteiger partial charge in [-0.25, -0.2) is 9.59 Å². The molecule has 1 saturated heterocycles. The number of amides is 1. The van der Waals surface area contributed by atoms with Crippen LogP contribution in [-0.4, -0.2) is 104 Å². The van der Waals surface area contributed by atoms with Gasteiger partial charge in [0, 0.05) is 30.7 Å². The minimum absolute atomic E-state index is 0.0322. The molecule has 1 amide bonds. The third-order valence-corrected chi connectivity index (χ3v) is 12.9. The molecule has 5 unspecified atom stereocenters. The number of Topliss-reactive ketones (excluding diaryl/α,β-unsaturated/α-hetero) is 1. The average Bonchev–Trinajstić information content (AvgIpc) is 3.25. The lowest BCUT2D eigenvalue weighted by Gasteiger charge is -2.67. The molecule has 3 aromatic carbocycles. The van der Waals surface area contributed by atoms with Crippen molar-refractivity contribution in [2.24, 2.45) is 16.7 Å². The van der Waals surface area contributed by atoms with Crippen LogP contribution in [0.3, 0.4) is 0 Å². The predicted octanol–water partition coefficient (Wildman–Crippen LogP) is 3.16. The largest absolute Gasteiger partial charge is 0.456 e. The van der Waals surface area contributed by atoms with E-state index < -0.39 is 142 Å². The molecule has 0 spiro atoms. The Balaban J connectivity index is 1.34. The van der Waals surface area contributed by atoms with Crippen LogP contribution < -0.4 is 5.32 Å². The molecule has 1 heterocycles. The Morgan fingerprint density at radius 1 is 0.932 bits per heavy atom. The van der Waals surface area contributed by atoms with E-state index in [0.29, 0.717) is 0 Å². The van der Waals surface area contributed by atoms with Crippen molar-refractivity contribution in [3.8, 4) is 0 Å². The summed E-state index contributed by atoms with van der Waals surface area (Å²) in [7, 11) is 0. The summed E-state index contributed by atoms with van der Waals surface area (Å²) in [6.07, 6.45) is -11.3. The molecule has 11 atom stereocenters. The summed E-state index contributed by atoms with van der Waals surface area (Å²) in [5.74, 6) is -6.98. The molecule has 0 radical (unpaired) electrons. The van der Waals surface area contributed by atoms with E-state index in [-0.39, 0.29) is 35.3 Å². The highest BCUT2D eigenvalue weighted by Gasteiger charge is 2.78. The van der Waals surface area contributed by atoms with Crippen LogP contribution in [0.25, 0.3) is 0 Å². The van der Waals surface area contributed by atoms with Crippen LogP contribution in [0.5, 0.6) is 0 Å². The Bertz CT molecular complexity index is 2420. The molecule has 14 nitrogen and oxygen atoms in total. The zero-order chi connectivity index (χ0) is 47.0. The first-order chi connectivity index (χ1) is 29.9. The molecule has 4 aliphatic rings. The number of hydrogen-bond acceptors (Lipinski definition) is 13. The van der Waals surface area contributed by atoms with Gasteiger partial charge in [0.15, 0.2) is 17.5 Å². The number of ether oxygens (including phenoxy) is 4. The van der Waals surface area contributed by atoms with Crippen molar-refractivity contribution in [2.75, 3.05) is 6.61 Å². The van der Waals surface area contributed by atoms with E-state index in [2.05, 4.69) is 5.32 Å². The molecule has 3 fully saturated rings. The second-order valence-corrected chi connectivity index (χ2v) is 16.4. The van der Waals surface area contributed by atoms with Gasteiger partial charge in [0.25, 0.3) is 5.91 Å². The number of benzene rings is 3. The Morgan fingerprint density at radius 3 is 2.15 bits per heavy atom. The zero-order valence-corrected chi connectivity index (χ0v) is 33.0. The van der Waals surface area contributed by atoms with Crippen molar-refractivity contribution in [1.82, 2.24) is 5.32 Å². The van der Waals surface area contributed by atoms with Crippen LogP contribution in [-0.2, 0) is 33.3 Å². The van der Waals surface area contributed by atoms with E-state index in [4.69, 9.17) is 25.8 Å². The monoisotopic (exact) mass is 816 g/mol. The number of nitrogens with one attached hydrogen (secondary N) is 1. The van der Waals surface area contributed by atoms with E-state index in [9.17, 15) is 39.6 Å². The Labute approximate surface area is 348 Å². The fourth-order valence-corrected chi connectivity index (χ4v) is 9.70. The molecule has 5 N–H and O–H groups in total. The van der Waals surface area contributed by atoms with E-state index >= 15 is 4.79 Å². The first kappa shape index (κ1) is 35.7. The minimum Gasteiger partial charge on any atom is -0.456 e. The van der Waals surface area contributed by atoms with Crippen molar-refractivity contribution in [2.45, 2.75) is 101 Å². The molecule has 0 aromatic heterocycles. The smallest absolute Gasteiger partial charge is 0.338 e. The maximum absolute atomic E-state index is 15.0. The summed E-state index contributed by atoms with van der Waals surface area (Å²) in [4.78, 5) is 70.1. The van der Waals surface area contributed by atoms with Crippen LogP contribution in [0.1, 0.15) is 86.6 Å². The predicted molar refractivity (Wildman–Crippen MR) is 208 cm³/mol. The molecule has 59 heavy (non-hydrogen) atoms. The van der Waals surface area contributed by atoms with E-state index in [1.807, 2.05) is 0 Å². The van der Waals surface area contributed by atoms with Gasteiger partial charge in [-0.1, -0.05) is 80.5 Å². The standard InChI is InChI=1S/C45H49NO13/c1-24-29(57-41(54)35(50)33(26-15-9-6-10-16-26)46-39(52)27-17-11-7-12-18-27)22-45(55)38(58-40(53)28-19-13-8-14-20-28)36-43(5,37(51)34(49)32(24)42(45,3)4)30(48)21-31-44(36,23-56-31)59-25(2)47/h6-20,29-31,33-36,38,48-50,55H,21-23H2,1-5H3,(H,46,52)/t29?,30-,31+,33?,34+,35?,36?,38?,43+,44-,45+/m0/s1/i7D,11D,12D,17D,18D. The summed E-state index contributed by atoms with van der Waals surface area (Å²) in [5.41, 5.74) is -8.71. The zero-order valence-electron chi connectivity index (χ0n) is 38.0. The number of esters is 3. The lowest BCUT2D eigenvalue weighted by atomic mass is 9.44. The maximum atomic E-state index is 15.0. The Hall–Kier alpha value is -5.25. The fraction of sp³-hybridized carbons (Fsp3) is 0.444. The van der Waals surface area contributed by atoms with Crippen LogP contribution >= 0.6 is 0 Å². The van der Waals surface area contributed by atoms with Gasteiger partial charge in [-0.15, -0.1) is 0 Å². The van der Waals surface area contributed by atoms with E-state index in [1.165, 1.54) is 64.1 Å². The van der Waals surface area contributed by atoms with Crippen molar-refractivity contribution in [3.05, 3.63) is 119 Å². The number of carbonyl (C=O) groups is 5. The van der Waals surface area contributed by atoms with Gasteiger partial charge in [-0.3, -0.25) is 14.4 Å². The second kappa shape index (κ2) is 15.4. The van der Waals surface area contributed by atoms with Crippen molar-refractivity contribution < 1.29 is 70.2 Å². The topological polar surface area (TPSA) is 215 Å². The number of ketones is 1. The summed E-state index contributed by atoms with van der Waals surface area (Å²) in [6.45, 7) is 6.55. The van der Waals surface area contributed by atoms with Crippen LogP contribution in [0, 0.1) is 16.7 Å². The highest BCUT2D eigenvalue weighted by atomic mass is 16.6. The van der Waals surface area contributed by atoms with Gasteiger partial charge in [0.1, 0.15) is 30.0 Å². The lowest BCUT2D eigenvalue weighted by molar-refractivity contribution is -0.346. The van der Waals surface area contributed by atoms with Gasteiger partial charge in [0.05, 0.1) is 42.5 Å². The number of fused-ring (bicyclic) bond motifs is 5. The SMILES string of the molecule is [2H]c1c([2H])c([2H])c(C(=O)NC(c2ccccc2)C(O)C(=O)OC2C[C@@]3(O)C(OC(=O)c4ccccc4)C4[C@](C)(C(=O)[C@H](O)C(=C2C)C3(C)C)[C@@H](O)C[C@H]2OC[C@@]42OC(C)=O)c([2H])c1[2H]. The molecule has 312 valence electrons. The van der Waals surface area contributed by atoms with E-state index in [0.717, 1.165) is 6.92 Å². The third kappa shape index (κ3) is 6.76. The quantitative estimate of drug-likeness (QED) is 0.119. The summed E-state index contributed by atoms with van der Waals surface area (Å²) in [5, 5.41) is 51.8. The second-order valence-electron chi connectivity index (χ2n) is 16.4. The molecule has 7 rings (SSSR count). The van der Waals surface area contributed by atoms with Gasteiger partial charge in [-0.05, 0) is 54.8 Å². The first-order valence-corrected chi connectivity index (χ1v) is 19.2. The summed E-state index contributed by atoms with van der Waals surface area (Å²) >= 11 is 0. The number of rotatable bonds is 9. The van der Waals surface area contributed by atoms with Crippen molar-refractivity contribution in [3.63, 3.8) is 0 Å². The molecule has 2 saturated carbocycles. The average molecular weight is 817 g/mol. The maximum Gasteiger partial charge on any atom is 0.338 e. The van der Waals surface area contributed by atoms with Crippen LogP contribution in [0.4, 0.5) is 0 Å². The molecular formula is C45H49NO13. The first-order valence-electron chi connectivity index (χ1n) is 21.7. The Morgan fingerprint density at radius 2 is 1.56 bits per heavy atom. The molecular weight excluding hydrogens is 762 g/mol. The highest BCUT2D eigenvalue weighted by molar-refractivity contribution is 5.95. The summed E-state index contributed by atoms with van der Waals surface area (Å²) < 4.78 is 64.6. The van der Waals surface area contributed by atoms with Gasteiger partial charge in [0.2, 0.25) is 0 Å². The van der Waals surface area contributed by atoms with Crippen molar-refractivity contribution >= 4 is 29.6 Å². The third-order valence-electron chi connectivity index (χ3n) is 12.9. The minimum atomic E-state index is -2.45. The number of carbonyl (C=O) groups excluding carboxylic acids is 5. The van der Waals surface area contributed by atoms with E-state index in [1.54, 1.807) is 24.3 Å².